The zero-order valence-electron chi connectivity index (χ0n) is 13.5. The summed E-state index contributed by atoms with van der Waals surface area (Å²) in [5, 5.41) is 22.1. The lowest BCUT2D eigenvalue weighted by Crippen LogP contribution is -2.00. The third-order valence-electron chi connectivity index (χ3n) is 3.54. The lowest BCUT2D eigenvalue weighted by Gasteiger charge is -2.10. The summed E-state index contributed by atoms with van der Waals surface area (Å²) in [4.78, 5) is 25.7. The molecule has 0 aliphatic carbocycles. The van der Waals surface area contributed by atoms with Gasteiger partial charge in [0, 0.05) is 23.1 Å². The summed E-state index contributed by atoms with van der Waals surface area (Å²) in [5.41, 5.74) is 1.79. The Bertz CT molecular complexity index is 940. The molecule has 0 amide bonds. The van der Waals surface area contributed by atoms with Crippen molar-refractivity contribution in [2.45, 2.75) is 13.0 Å². The maximum absolute atomic E-state index is 11.1. The van der Waals surface area contributed by atoms with Gasteiger partial charge in [0.05, 0.1) is 17.0 Å². The van der Waals surface area contributed by atoms with Gasteiger partial charge in [0.25, 0.3) is 5.69 Å². The molecule has 0 unspecified atom stereocenters. The summed E-state index contributed by atoms with van der Waals surface area (Å²) in [6.45, 7) is 0.303. The van der Waals surface area contributed by atoms with Crippen LogP contribution in [0.4, 0.5) is 5.69 Å². The molecule has 3 aromatic rings. The van der Waals surface area contributed by atoms with E-state index < -0.39 is 10.9 Å². The molecule has 0 saturated carbocycles. The van der Waals surface area contributed by atoms with Crippen molar-refractivity contribution in [1.29, 1.82) is 0 Å². The summed E-state index contributed by atoms with van der Waals surface area (Å²) < 4.78 is 5.83. The van der Waals surface area contributed by atoms with Crippen LogP contribution in [0, 0.1) is 10.1 Å². The molecule has 0 saturated heterocycles. The number of carboxylic acids is 1. The van der Waals surface area contributed by atoms with E-state index in [-0.39, 0.29) is 12.1 Å². The fraction of sp³-hybridized carbons (Fsp3) is 0.111. The molecular formula is C18H14N2O5S. The van der Waals surface area contributed by atoms with E-state index in [9.17, 15) is 14.9 Å². The third kappa shape index (κ3) is 4.22. The number of non-ortho nitro benzene ring substituents is 1. The van der Waals surface area contributed by atoms with Crippen LogP contribution in [0.1, 0.15) is 10.6 Å². The second-order valence-electron chi connectivity index (χ2n) is 5.41. The zero-order chi connectivity index (χ0) is 18.5. The van der Waals surface area contributed by atoms with Crippen molar-refractivity contribution < 1.29 is 19.6 Å². The number of ether oxygens (including phenoxy) is 1. The number of nitrogens with zero attached hydrogens (tertiary/aromatic N) is 2. The number of nitro groups is 1. The van der Waals surface area contributed by atoms with E-state index in [2.05, 4.69) is 4.98 Å². The van der Waals surface area contributed by atoms with Crippen molar-refractivity contribution in [1.82, 2.24) is 4.98 Å². The molecule has 0 aliphatic heterocycles. The number of rotatable bonds is 7. The highest BCUT2D eigenvalue weighted by Gasteiger charge is 2.17. The molecule has 132 valence electrons. The molecule has 0 bridgehead atoms. The summed E-state index contributed by atoms with van der Waals surface area (Å²) >= 11 is 1.19. The summed E-state index contributed by atoms with van der Waals surface area (Å²) in [6.07, 6.45) is -0.195. The fourth-order valence-electron chi connectivity index (χ4n) is 2.34. The molecule has 7 nitrogen and oxygen atoms in total. The molecule has 1 N–H and O–H groups in total. The second kappa shape index (κ2) is 7.75. The minimum atomic E-state index is -0.981. The Labute approximate surface area is 152 Å². The summed E-state index contributed by atoms with van der Waals surface area (Å²) in [6, 6.07) is 13.8. The first-order valence-corrected chi connectivity index (χ1v) is 8.52. The van der Waals surface area contributed by atoms with Crippen LogP contribution < -0.4 is 4.74 Å². The topological polar surface area (TPSA) is 103 Å². The number of aromatic nitrogens is 1. The van der Waals surface area contributed by atoms with Gasteiger partial charge in [0.1, 0.15) is 17.4 Å². The minimum Gasteiger partial charge on any atom is -0.488 e. The Balaban J connectivity index is 1.92. The Kier molecular flexibility index (Phi) is 5.23. The van der Waals surface area contributed by atoms with Gasteiger partial charge >= 0.3 is 5.97 Å². The second-order valence-corrected chi connectivity index (χ2v) is 6.35. The molecule has 0 spiro atoms. The zero-order valence-corrected chi connectivity index (χ0v) is 14.3. The van der Waals surface area contributed by atoms with Gasteiger partial charge in [-0.3, -0.25) is 14.9 Å². The van der Waals surface area contributed by atoms with Gasteiger partial charge in [-0.1, -0.05) is 30.3 Å². The van der Waals surface area contributed by atoms with Gasteiger partial charge in [-0.25, -0.2) is 4.98 Å². The van der Waals surface area contributed by atoms with Gasteiger partial charge in [0.15, 0.2) is 0 Å². The van der Waals surface area contributed by atoms with Crippen molar-refractivity contribution in [2.75, 3.05) is 0 Å². The van der Waals surface area contributed by atoms with Gasteiger partial charge < -0.3 is 9.84 Å². The first-order chi connectivity index (χ1) is 12.5. The maximum Gasteiger partial charge on any atom is 0.310 e. The molecule has 26 heavy (non-hydrogen) atoms. The van der Waals surface area contributed by atoms with E-state index in [4.69, 9.17) is 9.84 Å². The maximum atomic E-state index is 11.1. The monoisotopic (exact) mass is 370 g/mol. The van der Waals surface area contributed by atoms with Crippen molar-refractivity contribution in [3.8, 4) is 17.0 Å². The third-order valence-corrected chi connectivity index (χ3v) is 4.39. The van der Waals surface area contributed by atoms with Crippen LogP contribution in [0.25, 0.3) is 11.3 Å². The summed E-state index contributed by atoms with van der Waals surface area (Å²) in [5.74, 6) is -0.530. The van der Waals surface area contributed by atoms with E-state index in [1.807, 2.05) is 30.3 Å². The Hall–Kier alpha value is -3.26. The molecule has 1 aromatic heterocycles. The highest BCUT2D eigenvalue weighted by molar-refractivity contribution is 7.10. The quantitative estimate of drug-likeness (QED) is 0.499. The fourth-order valence-corrected chi connectivity index (χ4v) is 3.12. The number of carboxylic acid groups (broad SMARTS) is 1. The standard InChI is InChI=1S/C18H14N2O5S/c21-18(22)9-17-19-15(11-26-17)14-8-13(20(23)24)6-7-16(14)25-10-12-4-2-1-3-5-12/h1-8,11H,9-10H2,(H,21,22). The number of benzene rings is 2. The Morgan fingerprint density at radius 2 is 2.00 bits per heavy atom. The van der Waals surface area contributed by atoms with Gasteiger partial charge in [-0.15, -0.1) is 11.3 Å². The van der Waals surface area contributed by atoms with Gasteiger partial charge in [-0.05, 0) is 11.6 Å². The Morgan fingerprint density at radius 1 is 1.23 bits per heavy atom. The van der Waals surface area contributed by atoms with Gasteiger partial charge in [0.2, 0.25) is 0 Å². The number of hydrogen-bond acceptors (Lipinski definition) is 6. The molecule has 3 rings (SSSR count). The first-order valence-electron chi connectivity index (χ1n) is 7.64. The predicted molar refractivity (Wildman–Crippen MR) is 96.3 cm³/mol. The first kappa shape index (κ1) is 17.6. The number of thiazole rings is 1. The molecule has 1 heterocycles. The predicted octanol–water partition coefficient (Wildman–Crippen LogP) is 3.92. The molecule has 0 aliphatic rings. The molecular weight excluding hydrogens is 356 g/mol. The van der Waals surface area contributed by atoms with Crippen molar-refractivity contribution in [2.24, 2.45) is 0 Å². The lowest BCUT2D eigenvalue weighted by molar-refractivity contribution is -0.384. The number of hydrogen-bond donors (Lipinski definition) is 1. The molecule has 2 aromatic carbocycles. The highest BCUT2D eigenvalue weighted by atomic mass is 32.1. The molecule has 8 heteroatoms. The van der Waals surface area contributed by atoms with Gasteiger partial charge in [-0.2, -0.15) is 0 Å². The van der Waals surface area contributed by atoms with Crippen molar-refractivity contribution in [3.63, 3.8) is 0 Å². The number of nitro benzene ring substituents is 1. The normalized spacial score (nSPS) is 10.5. The Morgan fingerprint density at radius 3 is 2.69 bits per heavy atom. The average molecular weight is 370 g/mol. The SMILES string of the molecule is O=C(O)Cc1nc(-c2cc([N+](=O)[O-])ccc2OCc2ccccc2)cs1. The highest BCUT2D eigenvalue weighted by Crippen LogP contribution is 2.34. The number of aliphatic carboxylic acids is 1. The largest absolute Gasteiger partial charge is 0.488 e. The van der Waals surface area contributed by atoms with Crippen molar-refractivity contribution >= 4 is 23.0 Å². The van der Waals surface area contributed by atoms with Crippen LogP contribution in [0.15, 0.2) is 53.9 Å². The summed E-state index contributed by atoms with van der Waals surface area (Å²) in [7, 11) is 0. The van der Waals surface area contributed by atoms with E-state index in [1.54, 1.807) is 5.38 Å². The van der Waals surface area contributed by atoms with E-state index in [0.29, 0.717) is 28.6 Å². The van der Waals surface area contributed by atoms with Crippen molar-refractivity contribution in [3.05, 3.63) is 74.6 Å². The molecule has 0 radical (unpaired) electrons. The average Bonchev–Trinajstić information content (AvgIpc) is 3.08. The van der Waals surface area contributed by atoms with Crippen LogP contribution >= 0.6 is 11.3 Å². The van der Waals surface area contributed by atoms with E-state index in [0.717, 1.165) is 5.56 Å². The van der Waals surface area contributed by atoms with E-state index in [1.165, 1.54) is 29.5 Å². The van der Waals surface area contributed by atoms with Crippen LogP contribution in [-0.2, 0) is 17.8 Å². The van der Waals surface area contributed by atoms with Crippen LogP contribution in [-0.4, -0.2) is 21.0 Å². The minimum absolute atomic E-state index is 0.0835. The smallest absolute Gasteiger partial charge is 0.310 e. The van der Waals surface area contributed by atoms with E-state index >= 15 is 0 Å². The molecule has 0 atom stereocenters. The number of carbonyl (C=O) groups is 1. The van der Waals surface area contributed by atoms with Crippen LogP contribution in [0.2, 0.25) is 0 Å². The van der Waals surface area contributed by atoms with Crippen LogP contribution in [0.3, 0.4) is 0 Å². The van der Waals surface area contributed by atoms with Crippen LogP contribution in [0.5, 0.6) is 5.75 Å². The lowest BCUT2D eigenvalue weighted by atomic mass is 10.1. The molecule has 0 fully saturated rings.